The molecule has 0 radical (unpaired) electrons. The molecule has 1 aliphatic rings. The highest BCUT2D eigenvalue weighted by Gasteiger charge is 2.27. The molecule has 2 rings (SSSR count). The Labute approximate surface area is 116 Å². The molecular weight excluding hydrogens is 296 g/mol. The van der Waals surface area contributed by atoms with Gasteiger partial charge in [0.2, 0.25) is 0 Å². The van der Waals surface area contributed by atoms with Gasteiger partial charge in [0.05, 0.1) is 0 Å². The lowest BCUT2D eigenvalue weighted by molar-refractivity contribution is 0.252. The van der Waals surface area contributed by atoms with E-state index >= 15 is 0 Å². The molecule has 17 heavy (non-hydrogen) atoms. The number of hydrogen-bond donors (Lipinski definition) is 1. The van der Waals surface area contributed by atoms with Crippen LogP contribution in [0.2, 0.25) is 0 Å². The first-order valence-corrected chi connectivity index (χ1v) is 7.65. The molecule has 1 heterocycles. The first-order chi connectivity index (χ1) is 7.98. The summed E-state index contributed by atoms with van der Waals surface area (Å²) in [6.45, 7) is 7.84. The number of hydrogen-bond acceptors (Lipinski definition) is 3. The molecule has 0 bridgehead atoms. The zero-order valence-electron chi connectivity index (χ0n) is 10.4. The van der Waals surface area contributed by atoms with Crippen molar-refractivity contribution in [3.05, 3.63) is 28.2 Å². The standard InChI is InChI=1S/C13H19BrN2S/c1-13(2)9-16(6-7-17-13)8-10-11(14)4-3-5-12(10)15/h3-5H,6-9,15H2,1-2H3. The number of nitrogens with two attached hydrogens (primary N) is 1. The number of nitrogens with zero attached hydrogens (tertiary/aromatic N) is 1. The van der Waals surface area contributed by atoms with Crippen LogP contribution in [-0.4, -0.2) is 28.5 Å². The van der Waals surface area contributed by atoms with Crippen molar-refractivity contribution < 1.29 is 0 Å². The monoisotopic (exact) mass is 314 g/mol. The number of benzene rings is 1. The molecule has 0 aromatic heterocycles. The maximum absolute atomic E-state index is 6.04. The van der Waals surface area contributed by atoms with Crippen LogP contribution in [-0.2, 0) is 6.54 Å². The van der Waals surface area contributed by atoms with Gasteiger partial charge in [-0.15, -0.1) is 0 Å². The summed E-state index contributed by atoms with van der Waals surface area (Å²) in [5.41, 5.74) is 8.15. The second kappa shape index (κ2) is 5.21. The highest BCUT2D eigenvalue weighted by atomic mass is 79.9. The number of nitrogen functional groups attached to an aromatic ring is 1. The lowest BCUT2D eigenvalue weighted by atomic mass is 10.1. The Morgan fingerprint density at radius 1 is 1.47 bits per heavy atom. The molecule has 0 unspecified atom stereocenters. The summed E-state index contributed by atoms with van der Waals surface area (Å²) >= 11 is 5.65. The van der Waals surface area contributed by atoms with Gasteiger partial charge in [0.25, 0.3) is 0 Å². The number of halogens is 1. The van der Waals surface area contributed by atoms with Gasteiger partial charge in [-0.1, -0.05) is 22.0 Å². The van der Waals surface area contributed by atoms with E-state index in [1.54, 1.807) is 0 Å². The number of anilines is 1. The van der Waals surface area contributed by atoms with Gasteiger partial charge in [-0.25, -0.2) is 0 Å². The van der Waals surface area contributed by atoms with Gasteiger partial charge in [0, 0.05) is 45.9 Å². The van der Waals surface area contributed by atoms with Crippen LogP contribution < -0.4 is 5.73 Å². The van der Waals surface area contributed by atoms with Crippen LogP contribution >= 0.6 is 27.7 Å². The van der Waals surface area contributed by atoms with Crippen molar-refractivity contribution >= 4 is 33.4 Å². The van der Waals surface area contributed by atoms with Crippen LogP contribution in [0.5, 0.6) is 0 Å². The molecule has 94 valence electrons. The summed E-state index contributed by atoms with van der Waals surface area (Å²) in [7, 11) is 0. The second-order valence-electron chi connectivity index (χ2n) is 5.13. The van der Waals surface area contributed by atoms with E-state index in [1.807, 2.05) is 12.1 Å². The normalized spacial score (nSPS) is 20.4. The topological polar surface area (TPSA) is 29.3 Å². The Bertz CT molecular complexity index is 386. The molecule has 0 atom stereocenters. The minimum absolute atomic E-state index is 0.355. The lowest BCUT2D eigenvalue weighted by Crippen LogP contribution is -2.42. The molecular formula is C13H19BrN2S. The van der Waals surface area contributed by atoms with E-state index in [0.29, 0.717) is 4.75 Å². The molecule has 1 fully saturated rings. The first kappa shape index (κ1) is 13.2. The van der Waals surface area contributed by atoms with Gasteiger partial charge in [-0.05, 0) is 26.0 Å². The van der Waals surface area contributed by atoms with Crippen molar-refractivity contribution in [2.75, 3.05) is 24.6 Å². The van der Waals surface area contributed by atoms with Crippen molar-refractivity contribution in [1.29, 1.82) is 0 Å². The fourth-order valence-electron chi connectivity index (χ4n) is 2.21. The molecule has 4 heteroatoms. The average Bonchev–Trinajstić information content (AvgIpc) is 2.22. The maximum atomic E-state index is 6.04. The molecule has 0 amide bonds. The summed E-state index contributed by atoms with van der Waals surface area (Å²) in [5.74, 6) is 1.21. The van der Waals surface area contributed by atoms with Crippen LogP contribution in [0.15, 0.2) is 22.7 Å². The molecule has 1 saturated heterocycles. The van der Waals surface area contributed by atoms with Crippen molar-refractivity contribution in [3.8, 4) is 0 Å². The average molecular weight is 315 g/mol. The van der Waals surface area contributed by atoms with E-state index in [9.17, 15) is 0 Å². The van der Waals surface area contributed by atoms with Gasteiger partial charge in [-0.3, -0.25) is 4.90 Å². The minimum Gasteiger partial charge on any atom is -0.398 e. The summed E-state index contributed by atoms with van der Waals surface area (Å²) < 4.78 is 1.47. The Morgan fingerprint density at radius 2 is 2.24 bits per heavy atom. The van der Waals surface area contributed by atoms with E-state index in [0.717, 1.165) is 29.8 Å². The zero-order valence-corrected chi connectivity index (χ0v) is 12.8. The SMILES string of the molecule is CC1(C)CN(Cc2c(N)cccc2Br)CCS1. The third-order valence-electron chi connectivity index (χ3n) is 3.04. The van der Waals surface area contributed by atoms with Gasteiger partial charge in [0.1, 0.15) is 0 Å². The van der Waals surface area contributed by atoms with Crippen LogP contribution in [0, 0.1) is 0 Å². The minimum atomic E-state index is 0.355. The van der Waals surface area contributed by atoms with Crippen molar-refractivity contribution in [2.24, 2.45) is 0 Å². The predicted molar refractivity (Wildman–Crippen MR) is 80.4 cm³/mol. The van der Waals surface area contributed by atoms with E-state index < -0.39 is 0 Å². The van der Waals surface area contributed by atoms with Crippen molar-refractivity contribution in [2.45, 2.75) is 25.1 Å². The molecule has 2 N–H and O–H groups in total. The predicted octanol–water partition coefficient (Wildman–Crippen LogP) is 3.36. The van der Waals surface area contributed by atoms with Gasteiger partial charge < -0.3 is 5.73 Å². The summed E-state index contributed by atoms with van der Waals surface area (Å²) in [6, 6.07) is 6.03. The fourth-order valence-corrected chi connectivity index (χ4v) is 3.90. The molecule has 0 saturated carbocycles. The third kappa shape index (κ3) is 3.39. The second-order valence-corrected chi connectivity index (χ2v) is 7.78. The van der Waals surface area contributed by atoms with E-state index in [2.05, 4.69) is 52.5 Å². The van der Waals surface area contributed by atoms with Crippen molar-refractivity contribution in [3.63, 3.8) is 0 Å². The molecule has 0 aliphatic carbocycles. The van der Waals surface area contributed by atoms with Gasteiger partial charge in [-0.2, -0.15) is 11.8 Å². The zero-order chi connectivity index (χ0) is 12.5. The van der Waals surface area contributed by atoms with Gasteiger partial charge in [0.15, 0.2) is 0 Å². The Morgan fingerprint density at radius 3 is 2.88 bits per heavy atom. The Hall–Kier alpha value is -0.190. The fraction of sp³-hybridized carbons (Fsp3) is 0.538. The van der Waals surface area contributed by atoms with E-state index in [4.69, 9.17) is 5.73 Å². The molecule has 2 nitrogen and oxygen atoms in total. The molecule has 0 spiro atoms. The Kier molecular flexibility index (Phi) is 4.06. The highest BCUT2D eigenvalue weighted by Crippen LogP contribution is 2.32. The third-order valence-corrected chi connectivity index (χ3v) is 5.08. The molecule has 1 aromatic carbocycles. The lowest BCUT2D eigenvalue weighted by Gasteiger charge is -2.37. The van der Waals surface area contributed by atoms with Crippen LogP contribution in [0.1, 0.15) is 19.4 Å². The summed E-state index contributed by atoms with van der Waals surface area (Å²) in [5, 5.41) is 0. The highest BCUT2D eigenvalue weighted by molar-refractivity contribution is 9.10. The van der Waals surface area contributed by atoms with Crippen LogP contribution in [0.3, 0.4) is 0 Å². The van der Waals surface area contributed by atoms with Crippen LogP contribution in [0.4, 0.5) is 5.69 Å². The van der Waals surface area contributed by atoms with E-state index in [1.165, 1.54) is 11.3 Å². The maximum Gasteiger partial charge on any atom is 0.0371 e. The van der Waals surface area contributed by atoms with Crippen molar-refractivity contribution in [1.82, 2.24) is 4.90 Å². The molecule has 1 aliphatic heterocycles. The smallest absolute Gasteiger partial charge is 0.0371 e. The molecule has 1 aromatic rings. The largest absolute Gasteiger partial charge is 0.398 e. The Balaban J connectivity index is 2.10. The number of thioether (sulfide) groups is 1. The first-order valence-electron chi connectivity index (χ1n) is 5.87. The summed E-state index contributed by atoms with van der Waals surface area (Å²) in [6.07, 6.45) is 0. The summed E-state index contributed by atoms with van der Waals surface area (Å²) in [4.78, 5) is 2.49. The van der Waals surface area contributed by atoms with Gasteiger partial charge >= 0.3 is 0 Å². The number of rotatable bonds is 2. The quantitative estimate of drug-likeness (QED) is 0.849. The van der Waals surface area contributed by atoms with E-state index in [-0.39, 0.29) is 0 Å². The van der Waals surface area contributed by atoms with Crippen LogP contribution in [0.25, 0.3) is 0 Å².